The highest BCUT2D eigenvalue weighted by molar-refractivity contribution is 5.80. The fraction of sp³-hybridized carbons (Fsp3) is 0.0952. The van der Waals surface area contributed by atoms with Gasteiger partial charge in [0.15, 0.2) is 24.8 Å². The molecule has 2 atom stereocenters. The van der Waals surface area contributed by atoms with E-state index in [9.17, 15) is 0 Å². The highest BCUT2D eigenvalue weighted by atomic mass is 35.5. The lowest BCUT2D eigenvalue weighted by Gasteiger charge is -2.19. The Bertz CT molecular complexity index is 1800. The Labute approximate surface area is 285 Å². The van der Waals surface area contributed by atoms with Crippen molar-refractivity contribution in [2.45, 2.75) is 25.7 Å². The van der Waals surface area contributed by atoms with Crippen LogP contribution in [-0.4, -0.2) is 0 Å². The van der Waals surface area contributed by atoms with Crippen LogP contribution in [0.15, 0.2) is 204 Å². The van der Waals surface area contributed by atoms with Gasteiger partial charge in [-0.2, -0.15) is 9.13 Å². The minimum Gasteiger partial charge on any atom is -1.00 e. The summed E-state index contributed by atoms with van der Waals surface area (Å²) in [6, 6.07) is 33.9. The van der Waals surface area contributed by atoms with Gasteiger partial charge >= 0.3 is 0 Å². The Kier molecular flexibility index (Phi) is 10.3. The Hall–Kier alpha value is -4.76. The summed E-state index contributed by atoms with van der Waals surface area (Å²) in [5.74, 6) is 0.691. The van der Waals surface area contributed by atoms with Crippen LogP contribution in [0.3, 0.4) is 0 Å². The largest absolute Gasteiger partial charge is 1.00 e. The van der Waals surface area contributed by atoms with Gasteiger partial charge in [-0.15, -0.1) is 0 Å². The average molecular weight is 640 g/mol. The van der Waals surface area contributed by atoms with Crippen molar-refractivity contribution in [2.24, 2.45) is 0 Å². The van der Waals surface area contributed by atoms with Crippen LogP contribution in [0.25, 0.3) is 11.4 Å². The lowest BCUT2D eigenvalue weighted by molar-refractivity contribution is -0.579. The van der Waals surface area contributed by atoms with E-state index in [-0.39, 0.29) is 24.8 Å². The normalized spacial score (nSPS) is 18.9. The summed E-state index contributed by atoms with van der Waals surface area (Å²) in [4.78, 5) is 0. The fourth-order valence-electron chi connectivity index (χ4n) is 6.74. The third-order valence-corrected chi connectivity index (χ3v) is 8.69. The van der Waals surface area contributed by atoms with E-state index >= 15 is 0 Å². The van der Waals surface area contributed by atoms with E-state index in [4.69, 9.17) is 0 Å². The number of benzene rings is 2. The summed E-state index contributed by atoms with van der Waals surface area (Å²) in [6.45, 7) is 4.40. The third kappa shape index (κ3) is 6.33. The molecule has 0 saturated carbocycles. The highest BCUT2D eigenvalue weighted by Gasteiger charge is 2.33. The van der Waals surface area contributed by atoms with Gasteiger partial charge in [0.25, 0.3) is 0 Å². The SMILES string of the molecule is CC1=C([n+]2ccccc2)C2=CC=CC(c3ccccc3)C2=C1.CC1=C([n+]2ccccc2)C2=CC=CC(c3ccccc3)C2=C1.[Cl-].[Cl-]. The van der Waals surface area contributed by atoms with E-state index in [1.165, 1.54) is 56.0 Å². The molecule has 0 spiro atoms. The lowest BCUT2D eigenvalue weighted by Crippen LogP contribution is -3.00. The van der Waals surface area contributed by atoms with Gasteiger partial charge in [0.05, 0.1) is 11.1 Å². The summed E-state index contributed by atoms with van der Waals surface area (Å²) < 4.78 is 4.43. The van der Waals surface area contributed by atoms with Gasteiger partial charge in [-0.1, -0.05) is 97.1 Å². The van der Waals surface area contributed by atoms with Crippen LogP contribution in [0, 0.1) is 0 Å². The van der Waals surface area contributed by atoms with Crippen molar-refractivity contribution < 1.29 is 33.9 Å². The van der Waals surface area contributed by atoms with Gasteiger partial charge in [0.1, 0.15) is 0 Å². The van der Waals surface area contributed by atoms with Crippen LogP contribution in [0.1, 0.15) is 36.8 Å². The molecule has 2 aromatic carbocycles. The molecule has 8 rings (SSSR count). The highest BCUT2D eigenvalue weighted by Crippen LogP contribution is 2.44. The summed E-state index contributed by atoms with van der Waals surface area (Å²) in [7, 11) is 0. The van der Waals surface area contributed by atoms with Crippen LogP contribution in [0.5, 0.6) is 0 Å². The van der Waals surface area contributed by atoms with Crippen LogP contribution < -0.4 is 33.9 Å². The minimum atomic E-state index is 0. The van der Waals surface area contributed by atoms with Crippen molar-refractivity contribution in [1.29, 1.82) is 0 Å². The van der Waals surface area contributed by atoms with E-state index in [0.717, 1.165) is 0 Å². The molecule has 4 aromatic rings. The molecule has 0 fully saturated rings. The predicted molar refractivity (Wildman–Crippen MR) is 180 cm³/mol. The fourth-order valence-corrected chi connectivity index (χ4v) is 6.74. The standard InChI is InChI=1S/2C21H18N.2ClH/c2*1-16-15-20-18(17-9-4-2-5-10-17)11-8-12-19(20)21(16)22-13-6-3-7-14-22;;/h2*2-15,18H,1H3;2*1H/q2*+1;;/p-2. The first-order chi connectivity index (χ1) is 21.7. The van der Waals surface area contributed by atoms with Crippen LogP contribution in [0.2, 0.25) is 0 Å². The molecular weight excluding hydrogens is 603 g/mol. The molecule has 4 aliphatic carbocycles. The molecule has 0 bridgehead atoms. The van der Waals surface area contributed by atoms with E-state index in [1.807, 2.05) is 0 Å². The van der Waals surface area contributed by atoms with Gasteiger partial charge in [0.2, 0.25) is 11.4 Å². The molecule has 0 N–H and O–H groups in total. The second-order valence-corrected chi connectivity index (χ2v) is 11.5. The van der Waals surface area contributed by atoms with Gasteiger partial charge in [0, 0.05) is 47.2 Å². The zero-order valence-electron chi connectivity index (χ0n) is 26.0. The van der Waals surface area contributed by atoms with E-state index < -0.39 is 0 Å². The maximum Gasteiger partial charge on any atom is 0.221 e. The first-order valence-electron chi connectivity index (χ1n) is 15.4. The van der Waals surface area contributed by atoms with Crippen molar-refractivity contribution in [3.05, 3.63) is 215 Å². The number of nitrogens with zero attached hydrogens (tertiary/aromatic N) is 2. The molecule has 0 saturated heterocycles. The number of hydrogen-bond acceptors (Lipinski definition) is 0. The Morgan fingerprint density at radius 3 is 1.17 bits per heavy atom. The molecule has 2 unspecified atom stereocenters. The summed E-state index contributed by atoms with van der Waals surface area (Å²) in [5.41, 5.74) is 13.4. The molecule has 46 heavy (non-hydrogen) atoms. The van der Waals surface area contributed by atoms with Crippen molar-refractivity contribution in [1.82, 2.24) is 0 Å². The molecule has 0 aliphatic heterocycles. The smallest absolute Gasteiger partial charge is 0.221 e. The second kappa shape index (κ2) is 14.6. The molecule has 0 radical (unpaired) electrons. The zero-order valence-corrected chi connectivity index (χ0v) is 27.5. The Morgan fingerprint density at radius 1 is 0.457 bits per heavy atom. The number of pyridine rings is 2. The summed E-state index contributed by atoms with van der Waals surface area (Å²) in [5, 5.41) is 0. The Balaban J connectivity index is 0.000000174. The quantitative estimate of drug-likeness (QED) is 0.304. The van der Waals surface area contributed by atoms with Crippen molar-refractivity contribution in [3.8, 4) is 0 Å². The molecule has 2 heterocycles. The monoisotopic (exact) mass is 638 g/mol. The van der Waals surface area contributed by atoms with E-state index in [1.54, 1.807) is 0 Å². The van der Waals surface area contributed by atoms with E-state index in [0.29, 0.717) is 11.8 Å². The van der Waals surface area contributed by atoms with Crippen molar-refractivity contribution >= 4 is 11.4 Å². The summed E-state index contributed by atoms with van der Waals surface area (Å²) in [6.07, 6.45) is 26.6. The van der Waals surface area contributed by atoms with Crippen molar-refractivity contribution in [3.63, 3.8) is 0 Å². The topological polar surface area (TPSA) is 7.76 Å². The van der Waals surface area contributed by atoms with Crippen molar-refractivity contribution in [2.75, 3.05) is 0 Å². The molecule has 4 aliphatic rings. The Morgan fingerprint density at radius 2 is 0.804 bits per heavy atom. The van der Waals surface area contributed by atoms with Crippen LogP contribution in [0.4, 0.5) is 0 Å². The number of aromatic nitrogens is 2. The number of hydrogen-bond donors (Lipinski definition) is 0. The van der Waals surface area contributed by atoms with Crippen LogP contribution >= 0.6 is 0 Å². The predicted octanol–water partition coefficient (Wildman–Crippen LogP) is 2.86. The van der Waals surface area contributed by atoms with Gasteiger partial charge in [-0.25, -0.2) is 0 Å². The second-order valence-electron chi connectivity index (χ2n) is 11.5. The molecular formula is C42H36Cl2N2. The summed E-state index contributed by atoms with van der Waals surface area (Å²) >= 11 is 0. The third-order valence-electron chi connectivity index (χ3n) is 8.69. The number of halogens is 2. The molecule has 0 amide bonds. The number of fused-ring (bicyclic) bond motifs is 2. The maximum absolute atomic E-state index is 2.34. The molecule has 228 valence electrons. The lowest BCUT2D eigenvalue weighted by atomic mass is 9.84. The van der Waals surface area contributed by atoms with Gasteiger partial charge in [-0.3, -0.25) is 0 Å². The first kappa shape index (κ1) is 32.6. The average Bonchev–Trinajstić information content (AvgIpc) is 3.61. The molecule has 2 aromatic heterocycles. The zero-order chi connectivity index (χ0) is 29.9. The van der Waals surface area contributed by atoms with Crippen LogP contribution in [-0.2, 0) is 0 Å². The first-order valence-corrected chi connectivity index (χ1v) is 15.4. The number of rotatable bonds is 4. The maximum atomic E-state index is 2.34. The molecule has 4 heteroatoms. The number of allylic oxidation sites excluding steroid dienone is 16. The molecule has 2 nitrogen and oxygen atoms in total. The van der Waals surface area contributed by atoms with Gasteiger partial charge < -0.3 is 24.8 Å². The minimum absolute atomic E-state index is 0. The van der Waals surface area contributed by atoms with Gasteiger partial charge in [-0.05, 0) is 60.4 Å². The van der Waals surface area contributed by atoms with E-state index in [2.05, 4.69) is 193 Å².